The summed E-state index contributed by atoms with van der Waals surface area (Å²) in [7, 11) is 1.65. The largest absolute Gasteiger partial charge is 0.497 e. The van der Waals surface area contributed by atoms with Crippen molar-refractivity contribution in [2.24, 2.45) is 0 Å². The van der Waals surface area contributed by atoms with E-state index in [0.29, 0.717) is 36.1 Å². The Morgan fingerprint density at radius 1 is 1.14 bits per heavy atom. The first kappa shape index (κ1) is 24.5. The van der Waals surface area contributed by atoms with Crippen LogP contribution in [0, 0.1) is 6.92 Å². The molecule has 5 rings (SSSR count). The number of rotatable bonds is 7. The number of methoxy groups -OCH3 is 1. The molecule has 1 spiro atoms. The van der Waals surface area contributed by atoms with E-state index in [1.54, 1.807) is 31.4 Å². The summed E-state index contributed by atoms with van der Waals surface area (Å²) in [4.78, 5) is 39.8. The molecule has 0 radical (unpaired) electrons. The highest BCUT2D eigenvalue weighted by molar-refractivity contribution is 6.02. The van der Waals surface area contributed by atoms with E-state index in [9.17, 15) is 14.4 Å². The van der Waals surface area contributed by atoms with Crippen LogP contribution in [0.1, 0.15) is 72.6 Å². The Labute approximate surface area is 216 Å². The minimum absolute atomic E-state index is 0.0206. The minimum Gasteiger partial charge on any atom is -0.497 e. The molecule has 0 saturated heterocycles. The average molecular weight is 495 g/mol. The molecule has 37 heavy (non-hydrogen) atoms. The highest BCUT2D eigenvalue weighted by Crippen LogP contribution is 2.47. The first-order chi connectivity index (χ1) is 18.0. The van der Waals surface area contributed by atoms with Crippen molar-refractivity contribution in [3.05, 3.63) is 112 Å². The third-order valence-corrected chi connectivity index (χ3v) is 7.49. The second-order valence-electron chi connectivity index (χ2n) is 9.67. The number of amides is 2. The zero-order chi connectivity index (χ0) is 26.0. The molecule has 3 aromatic rings. The summed E-state index contributed by atoms with van der Waals surface area (Å²) < 4.78 is 5.36. The van der Waals surface area contributed by atoms with Crippen LogP contribution in [-0.4, -0.2) is 30.1 Å². The predicted molar refractivity (Wildman–Crippen MR) is 142 cm³/mol. The van der Waals surface area contributed by atoms with E-state index in [1.165, 1.54) is 0 Å². The van der Waals surface area contributed by atoms with Crippen LogP contribution in [0.5, 0.6) is 5.75 Å². The van der Waals surface area contributed by atoms with Gasteiger partial charge in [-0.15, -0.1) is 0 Å². The minimum atomic E-state index is -0.513. The third-order valence-electron chi connectivity index (χ3n) is 7.49. The van der Waals surface area contributed by atoms with Crippen LogP contribution < -0.4 is 10.1 Å². The SMILES string of the molecule is COc1ccc(CN2C(=O)c3ccc(CNC(=O)c4ccccc4C=O)cc3C23C=CCCC3)c(C)c1. The molecule has 6 nitrogen and oxygen atoms in total. The molecule has 1 atom stereocenters. The topological polar surface area (TPSA) is 75.7 Å². The molecule has 6 heteroatoms. The van der Waals surface area contributed by atoms with Gasteiger partial charge in [0.1, 0.15) is 5.75 Å². The Hall–Kier alpha value is -4.19. The van der Waals surface area contributed by atoms with E-state index in [-0.39, 0.29) is 11.8 Å². The third kappa shape index (κ3) is 4.44. The Balaban J connectivity index is 1.44. The van der Waals surface area contributed by atoms with Gasteiger partial charge < -0.3 is 15.0 Å². The normalized spacial score (nSPS) is 18.1. The molecule has 0 bridgehead atoms. The summed E-state index contributed by atoms with van der Waals surface area (Å²) in [5.74, 6) is 0.516. The highest BCUT2D eigenvalue weighted by atomic mass is 16.5. The number of carbonyl (C=O) groups is 3. The number of aldehydes is 1. The zero-order valence-electron chi connectivity index (χ0n) is 21.1. The number of hydrogen-bond acceptors (Lipinski definition) is 4. The molecule has 0 saturated carbocycles. The van der Waals surface area contributed by atoms with Crippen molar-refractivity contribution >= 4 is 18.1 Å². The van der Waals surface area contributed by atoms with E-state index < -0.39 is 5.54 Å². The smallest absolute Gasteiger partial charge is 0.255 e. The lowest BCUT2D eigenvalue weighted by molar-refractivity contribution is 0.0585. The van der Waals surface area contributed by atoms with Crippen molar-refractivity contribution < 1.29 is 19.1 Å². The van der Waals surface area contributed by atoms with E-state index >= 15 is 0 Å². The van der Waals surface area contributed by atoms with Crippen LogP contribution in [0.25, 0.3) is 0 Å². The number of fused-ring (bicyclic) bond motifs is 2. The molecule has 1 aliphatic heterocycles. The van der Waals surface area contributed by atoms with Crippen LogP contribution in [0.4, 0.5) is 0 Å². The fraction of sp³-hybridized carbons (Fsp3) is 0.258. The van der Waals surface area contributed by atoms with Crippen molar-refractivity contribution in [2.75, 3.05) is 7.11 Å². The van der Waals surface area contributed by atoms with Gasteiger partial charge in [-0.2, -0.15) is 0 Å². The maximum absolute atomic E-state index is 13.7. The van der Waals surface area contributed by atoms with Gasteiger partial charge in [-0.05, 0) is 72.7 Å². The average Bonchev–Trinajstić information content (AvgIpc) is 3.15. The lowest BCUT2D eigenvalue weighted by atomic mass is 9.80. The Kier molecular flexibility index (Phi) is 6.66. The van der Waals surface area contributed by atoms with Crippen molar-refractivity contribution in [3.8, 4) is 5.75 Å². The zero-order valence-corrected chi connectivity index (χ0v) is 21.1. The summed E-state index contributed by atoms with van der Waals surface area (Å²) in [5.41, 5.74) is 4.96. The fourth-order valence-electron chi connectivity index (χ4n) is 5.46. The van der Waals surface area contributed by atoms with Gasteiger partial charge in [0.15, 0.2) is 6.29 Å². The summed E-state index contributed by atoms with van der Waals surface area (Å²) >= 11 is 0. The molecule has 0 fully saturated rings. The van der Waals surface area contributed by atoms with Gasteiger partial charge in [0.25, 0.3) is 11.8 Å². The molecule has 1 unspecified atom stereocenters. The van der Waals surface area contributed by atoms with Crippen LogP contribution in [-0.2, 0) is 18.6 Å². The lowest BCUT2D eigenvalue weighted by Crippen LogP contribution is -2.43. The maximum Gasteiger partial charge on any atom is 0.255 e. The van der Waals surface area contributed by atoms with Crippen molar-refractivity contribution in [2.45, 2.75) is 44.8 Å². The summed E-state index contributed by atoms with van der Waals surface area (Å²) in [6, 6.07) is 18.5. The van der Waals surface area contributed by atoms with E-state index in [2.05, 4.69) is 23.5 Å². The van der Waals surface area contributed by atoms with Crippen LogP contribution in [0.3, 0.4) is 0 Å². The number of nitrogens with one attached hydrogen (secondary N) is 1. The van der Waals surface area contributed by atoms with Gasteiger partial charge in [0.05, 0.1) is 12.6 Å². The molecule has 2 amide bonds. The number of ether oxygens (including phenoxy) is 1. The van der Waals surface area contributed by atoms with Crippen molar-refractivity contribution in [3.63, 3.8) is 0 Å². The van der Waals surface area contributed by atoms with E-state index in [0.717, 1.165) is 47.3 Å². The lowest BCUT2D eigenvalue weighted by Gasteiger charge is -2.39. The van der Waals surface area contributed by atoms with Gasteiger partial charge in [-0.3, -0.25) is 14.4 Å². The summed E-state index contributed by atoms with van der Waals surface area (Å²) in [6.07, 6.45) is 7.87. The Morgan fingerprint density at radius 2 is 1.97 bits per heavy atom. The monoisotopic (exact) mass is 494 g/mol. The Morgan fingerprint density at radius 3 is 2.70 bits per heavy atom. The molecular formula is C31H30N2O4. The summed E-state index contributed by atoms with van der Waals surface area (Å²) in [6.45, 7) is 2.84. The second-order valence-corrected chi connectivity index (χ2v) is 9.67. The number of hydrogen-bond donors (Lipinski definition) is 1. The van der Waals surface area contributed by atoms with Crippen molar-refractivity contribution in [1.29, 1.82) is 0 Å². The van der Waals surface area contributed by atoms with Gasteiger partial charge in [0.2, 0.25) is 0 Å². The Bertz CT molecular complexity index is 1410. The highest BCUT2D eigenvalue weighted by Gasteiger charge is 2.48. The molecule has 0 aromatic heterocycles. The van der Waals surface area contributed by atoms with Crippen molar-refractivity contribution in [1.82, 2.24) is 10.2 Å². The second kappa shape index (κ2) is 10.1. The molecule has 188 valence electrons. The van der Waals surface area contributed by atoms with Gasteiger partial charge in [-0.25, -0.2) is 0 Å². The number of allylic oxidation sites excluding steroid dienone is 1. The molecule has 1 aliphatic carbocycles. The van der Waals surface area contributed by atoms with Crippen LogP contribution in [0.2, 0.25) is 0 Å². The number of nitrogens with zero attached hydrogens (tertiary/aromatic N) is 1. The maximum atomic E-state index is 13.7. The first-order valence-corrected chi connectivity index (χ1v) is 12.6. The van der Waals surface area contributed by atoms with Crippen LogP contribution >= 0.6 is 0 Å². The standard InChI is InChI=1S/C31H30N2O4/c1-21-16-25(37-2)12-11-23(21)19-33-30(36)27-13-10-22(17-28(27)31(33)14-6-3-7-15-31)18-32-29(35)26-9-5-4-8-24(26)20-34/h4-6,8-14,16-17,20H,3,7,15,18-19H2,1-2H3,(H,32,35). The number of benzene rings is 3. The molecule has 2 aliphatic rings. The number of carbonyl (C=O) groups excluding carboxylic acids is 3. The quantitative estimate of drug-likeness (QED) is 0.356. The van der Waals surface area contributed by atoms with Gasteiger partial charge in [0, 0.05) is 29.8 Å². The molecule has 3 aromatic carbocycles. The number of aryl methyl sites for hydroxylation is 1. The first-order valence-electron chi connectivity index (χ1n) is 12.6. The predicted octanol–water partition coefficient (Wildman–Crippen LogP) is 5.34. The molecule has 1 N–H and O–H groups in total. The molecular weight excluding hydrogens is 464 g/mol. The fourth-order valence-corrected chi connectivity index (χ4v) is 5.46. The van der Waals surface area contributed by atoms with Crippen LogP contribution in [0.15, 0.2) is 72.8 Å². The molecule has 1 heterocycles. The van der Waals surface area contributed by atoms with Gasteiger partial charge in [-0.1, -0.05) is 48.6 Å². The van der Waals surface area contributed by atoms with Gasteiger partial charge >= 0.3 is 0 Å². The summed E-state index contributed by atoms with van der Waals surface area (Å²) in [5, 5.41) is 2.93. The van der Waals surface area contributed by atoms with E-state index in [1.807, 2.05) is 42.2 Å². The van der Waals surface area contributed by atoms with E-state index in [4.69, 9.17) is 4.74 Å².